The fourth-order valence-corrected chi connectivity index (χ4v) is 3.11. The van der Waals surface area contributed by atoms with Crippen molar-refractivity contribution >= 4 is 11.6 Å². The van der Waals surface area contributed by atoms with Crippen molar-refractivity contribution < 1.29 is 4.79 Å². The Balaban J connectivity index is 1.66. The summed E-state index contributed by atoms with van der Waals surface area (Å²) >= 11 is 0. The highest BCUT2D eigenvalue weighted by atomic mass is 16.2. The average Bonchev–Trinajstić information content (AvgIpc) is 3.31. The first kappa shape index (κ1) is 14.4. The third kappa shape index (κ3) is 3.39. The molecule has 1 aliphatic carbocycles. The fraction of sp³-hybridized carbons (Fsp3) is 0.611. The van der Waals surface area contributed by atoms with Gasteiger partial charge in [-0.2, -0.15) is 0 Å². The maximum Gasteiger partial charge on any atom is 0.228 e. The molecule has 0 bridgehead atoms. The van der Waals surface area contributed by atoms with Gasteiger partial charge in [-0.1, -0.05) is 32.0 Å². The number of fused-ring (bicyclic) bond motifs is 1. The van der Waals surface area contributed by atoms with Crippen molar-refractivity contribution in [3.05, 3.63) is 29.8 Å². The van der Waals surface area contributed by atoms with E-state index < -0.39 is 0 Å². The number of nitrogens with one attached hydrogen (secondary N) is 1. The number of para-hydroxylation sites is 1. The minimum Gasteiger partial charge on any atom is -0.384 e. The summed E-state index contributed by atoms with van der Waals surface area (Å²) in [6.07, 6.45) is 4.38. The Kier molecular flexibility index (Phi) is 4.18. The van der Waals surface area contributed by atoms with Crippen LogP contribution in [0.1, 0.15) is 38.7 Å². The van der Waals surface area contributed by atoms with Crippen molar-refractivity contribution in [2.24, 2.45) is 11.8 Å². The Bertz CT molecular complexity index is 508. The van der Waals surface area contributed by atoms with E-state index >= 15 is 0 Å². The van der Waals surface area contributed by atoms with Crippen molar-refractivity contribution in [3.8, 4) is 0 Å². The largest absolute Gasteiger partial charge is 0.384 e. The second kappa shape index (κ2) is 6.08. The zero-order chi connectivity index (χ0) is 14.8. The lowest BCUT2D eigenvalue weighted by molar-refractivity contribution is -0.136. The quantitative estimate of drug-likeness (QED) is 0.900. The molecule has 0 saturated heterocycles. The zero-order valence-corrected chi connectivity index (χ0v) is 13.1. The van der Waals surface area contributed by atoms with E-state index in [1.807, 2.05) is 6.07 Å². The average molecular weight is 286 g/mol. The third-order valence-electron chi connectivity index (χ3n) is 4.59. The summed E-state index contributed by atoms with van der Waals surface area (Å²) in [4.78, 5) is 15.1. The predicted octanol–water partition coefficient (Wildman–Crippen LogP) is 3.31. The lowest BCUT2D eigenvalue weighted by Gasteiger charge is -2.31. The molecule has 21 heavy (non-hydrogen) atoms. The number of carbonyl (C=O) groups is 1. The minimum absolute atomic E-state index is 0.104. The maximum absolute atomic E-state index is 12.9. The van der Waals surface area contributed by atoms with Crippen LogP contribution >= 0.6 is 0 Å². The Morgan fingerprint density at radius 1 is 1.33 bits per heavy atom. The van der Waals surface area contributed by atoms with Crippen LogP contribution in [0.4, 0.5) is 5.69 Å². The van der Waals surface area contributed by atoms with Gasteiger partial charge in [-0.25, -0.2) is 0 Å². The number of hydrogen-bond donors (Lipinski definition) is 1. The molecule has 1 aliphatic heterocycles. The molecular weight excluding hydrogens is 260 g/mol. The molecule has 1 aromatic carbocycles. The highest BCUT2D eigenvalue weighted by molar-refractivity contribution is 5.81. The molecule has 114 valence electrons. The molecule has 1 atom stereocenters. The smallest absolute Gasteiger partial charge is 0.228 e. The van der Waals surface area contributed by atoms with Gasteiger partial charge in [0.2, 0.25) is 5.91 Å². The van der Waals surface area contributed by atoms with Crippen molar-refractivity contribution in [1.82, 2.24) is 4.90 Å². The van der Waals surface area contributed by atoms with E-state index in [1.165, 1.54) is 24.1 Å². The summed E-state index contributed by atoms with van der Waals surface area (Å²) < 4.78 is 0. The molecule has 0 aromatic heterocycles. The lowest BCUT2D eigenvalue weighted by Crippen LogP contribution is -2.43. The molecule has 3 nitrogen and oxygen atoms in total. The second-order valence-corrected chi connectivity index (χ2v) is 6.88. The van der Waals surface area contributed by atoms with Crippen LogP contribution in [0.25, 0.3) is 0 Å². The number of benzene rings is 1. The summed E-state index contributed by atoms with van der Waals surface area (Å²) in [5.41, 5.74) is 2.48. The van der Waals surface area contributed by atoms with Gasteiger partial charge in [-0.05, 0) is 43.2 Å². The van der Waals surface area contributed by atoms with Crippen molar-refractivity contribution in [2.45, 2.75) is 45.6 Å². The van der Waals surface area contributed by atoms with Gasteiger partial charge in [0.25, 0.3) is 0 Å². The molecule has 0 radical (unpaired) electrons. The first-order valence-electron chi connectivity index (χ1n) is 8.27. The maximum atomic E-state index is 12.9. The number of amides is 1. The molecule has 1 saturated carbocycles. The molecular formula is C18H26N2O. The van der Waals surface area contributed by atoms with Gasteiger partial charge in [0.1, 0.15) is 0 Å². The van der Waals surface area contributed by atoms with E-state index in [0.29, 0.717) is 17.9 Å². The minimum atomic E-state index is 0.104. The van der Waals surface area contributed by atoms with Crippen LogP contribution in [0.5, 0.6) is 0 Å². The van der Waals surface area contributed by atoms with Crippen LogP contribution < -0.4 is 5.32 Å². The highest BCUT2D eigenvalue weighted by Gasteiger charge is 2.36. The monoisotopic (exact) mass is 286 g/mol. The predicted molar refractivity (Wildman–Crippen MR) is 86.3 cm³/mol. The molecule has 3 rings (SSSR count). The SMILES string of the molecule is CC(C)CCN(C(=O)C1CNc2ccccc2C1)C1CC1. The van der Waals surface area contributed by atoms with Crippen LogP contribution in [-0.2, 0) is 11.2 Å². The molecule has 1 aromatic rings. The normalized spacial score (nSPS) is 20.8. The first-order chi connectivity index (χ1) is 10.1. The summed E-state index contributed by atoms with van der Waals surface area (Å²) in [5, 5.41) is 3.43. The first-order valence-corrected chi connectivity index (χ1v) is 8.27. The Morgan fingerprint density at radius 3 is 2.81 bits per heavy atom. The van der Waals surface area contributed by atoms with Crippen LogP contribution in [0.3, 0.4) is 0 Å². The van der Waals surface area contributed by atoms with E-state index in [0.717, 1.165) is 25.9 Å². The third-order valence-corrected chi connectivity index (χ3v) is 4.59. The van der Waals surface area contributed by atoms with Gasteiger partial charge in [0, 0.05) is 24.8 Å². The number of carbonyl (C=O) groups excluding carboxylic acids is 1. The topological polar surface area (TPSA) is 32.3 Å². The van der Waals surface area contributed by atoms with Crippen LogP contribution in [-0.4, -0.2) is 29.9 Å². The number of rotatable bonds is 5. The standard InChI is InChI=1S/C18H26N2O/c1-13(2)9-10-20(16-7-8-16)18(21)15-11-14-5-3-4-6-17(14)19-12-15/h3-6,13,15-16,19H,7-12H2,1-2H3. The number of anilines is 1. The van der Waals surface area contributed by atoms with Gasteiger partial charge >= 0.3 is 0 Å². The van der Waals surface area contributed by atoms with Gasteiger partial charge < -0.3 is 10.2 Å². The number of hydrogen-bond acceptors (Lipinski definition) is 2. The summed E-state index contributed by atoms with van der Waals surface area (Å²) in [5.74, 6) is 1.12. The zero-order valence-electron chi connectivity index (χ0n) is 13.1. The van der Waals surface area contributed by atoms with Crippen LogP contribution in [0, 0.1) is 11.8 Å². The summed E-state index contributed by atoms with van der Waals surface area (Å²) in [6, 6.07) is 8.87. The Morgan fingerprint density at radius 2 is 2.10 bits per heavy atom. The molecule has 1 fully saturated rings. The van der Waals surface area contributed by atoms with Crippen molar-refractivity contribution in [3.63, 3.8) is 0 Å². The van der Waals surface area contributed by atoms with Crippen LogP contribution in [0.15, 0.2) is 24.3 Å². The molecule has 1 unspecified atom stereocenters. The van der Waals surface area contributed by atoms with E-state index in [1.54, 1.807) is 0 Å². The van der Waals surface area contributed by atoms with Crippen LogP contribution in [0.2, 0.25) is 0 Å². The molecule has 3 heteroatoms. The van der Waals surface area contributed by atoms with Gasteiger partial charge in [-0.15, -0.1) is 0 Å². The summed E-state index contributed by atoms with van der Waals surface area (Å²) in [7, 11) is 0. The van der Waals surface area contributed by atoms with E-state index in [2.05, 4.69) is 42.3 Å². The van der Waals surface area contributed by atoms with Gasteiger partial charge in [0.05, 0.1) is 5.92 Å². The molecule has 1 amide bonds. The molecule has 1 N–H and O–H groups in total. The molecule has 1 heterocycles. The van der Waals surface area contributed by atoms with E-state index in [-0.39, 0.29) is 5.92 Å². The molecule has 0 spiro atoms. The Labute approximate surface area is 127 Å². The second-order valence-electron chi connectivity index (χ2n) is 6.88. The van der Waals surface area contributed by atoms with Gasteiger partial charge in [0.15, 0.2) is 0 Å². The lowest BCUT2D eigenvalue weighted by atomic mass is 9.92. The highest BCUT2D eigenvalue weighted by Crippen LogP contribution is 2.31. The summed E-state index contributed by atoms with van der Waals surface area (Å²) in [6.45, 7) is 6.17. The van der Waals surface area contributed by atoms with Gasteiger partial charge in [-0.3, -0.25) is 4.79 Å². The van der Waals surface area contributed by atoms with Crippen molar-refractivity contribution in [2.75, 3.05) is 18.4 Å². The molecule has 2 aliphatic rings. The fourth-order valence-electron chi connectivity index (χ4n) is 3.11. The van der Waals surface area contributed by atoms with E-state index in [9.17, 15) is 4.79 Å². The number of nitrogens with zero attached hydrogens (tertiary/aromatic N) is 1. The van der Waals surface area contributed by atoms with Crippen molar-refractivity contribution in [1.29, 1.82) is 0 Å². The van der Waals surface area contributed by atoms with E-state index in [4.69, 9.17) is 0 Å². The Hall–Kier alpha value is -1.51.